The van der Waals surface area contributed by atoms with Crippen LogP contribution in [0.15, 0.2) is 18.2 Å². The monoisotopic (exact) mass is 246 g/mol. The summed E-state index contributed by atoms with van der Waals surface area (Å²) in [4.78, 5) is 2.26. The fraction of sp³-hybridized carbons (Fsp3) is 0.533. The summed E-state index contributed by atoms with van der Waals surface area (Å²) in [6.07, 6.45) is 2.56. The van der Waals surface area contributed by atoms with Crippen LogP contribution in [0.3, 0.4) is 0 Å². The van der Waals surface area contributed by atoms with Crippen LogP contribution in [0.25, 0.3) is 0 Å². The van der Waals surface area contributed by atoms with Crippen LogP contribution in [0, 0.1) is 18.3 Å². The largest absolute Gasteiger partial charge is 0.496 e. The first-order valence-corrected chi connectivity index (χ1v) is 6.36. The Hall–Kier alpha value is -1.53. The van der Waals surface area contributed by atoms with Crippen LogP contribution >= 0.6 is 0 Å². The Morgan fingerprint density at radius 2 is 2.11 bits per heavy atom. The van der Waals surface area contributed by atoms with E-state index in [1.165, 1.54) is 11.1 Å². The Kier molecular flexibility index (Phi) is 6.24. The van der Waals surface area contributed by atoms with Gasteiger partial charge in [0.25, 0.3) is 0 Å². The van der Waals surface area contributed by atoms with E-state index in [4.69, 9.17) is 10.00 Å². The summed E-state index contributed by atoms with van der Waals surface area (Å²) >= 11 is 0. The van der Waals surface area contributed by atoms with Crippen molar-refractivity contribution >= 4 is 0 Å². The molecular formula is C15H22N2O. The molecule has 0 N–H and O–H groups in total. The Labute approximate surface area is 110 Å². The molecule has 0 spiro atoms. The molecule has 3 nitrogen and oxygen atoms in total. The van der Waals surface area contributed by atoms with Crippen molar-refractivity contribution in [1.82, 2.24) is 4.90 Å². The third-order valence-corrected chi connectivity index (χ3v) is 3.03. The Morgan fingerprint density at radius 3 is 2.78 bits per heavy atom. The Morgan fingerprint density at radius 1 is 1.33 bits per heavy atom. The normalized spacial score (nSPS) is 10.4. The van der Waals surface area contributed by atoms with E-state index in [0.29, 0.717) is 6.42 Å². The highest BCUT2D eigenvalue weighted by molar-refractivity contribution is 5.37. The molecule has 0 saturated carbocycles. The number of nitrogens with zero attached hydrogens (tertiary/aromatic N) is 2. The average molecular weight is 246 g/mol. The molecule has 0 bridgehead atoms. The highest BCUT2D eigenvalue weighted by Crippen LogP contribution is 2.20. The number of methoxy groups -OCH3 is 1. The van der Waals surface area contributed by atoms with E-state index in [1.807, 2.05) is 6.07 Å². The van der Waals surface area contributed by atoms with E-state index < -0.39 is 0 Å². The second kappa shape index (κ2) is 7.73. The van der Waals surface area contributed by atoms with Crippen LogP contribution in [0.1, 0.15) is 24.0 Å². The van der Waals surface area contributed by atoms with Crippen LogP contribution < -0.4 is 4.74 Å². The second-order valence-electron chi connectivity index (χ2n) is 4.63. The molecular weight excluding hydrogens is 224 g/mol. The zero-order chi connectivity index (χ0) is 13.4. The molecule has 3 heteroatoms. The van der Waals surface area contributed by atoms with Crippen molar-refractivity contribution in [3.63, 3.8) is 0 Å². The second-order valence-corrected chi connectivity index (χ2v) is 4.63. The lowest BCUT2D eigenvalue weighted by Crippen LogP contribution is -2.22. The van der Waals surface area contributed by atoms with Gasteiger partial charge in [0, 0.05) is 13.0 Å². The van der Waals surface area contributed by atoms with Gasteiger partial charge in [-0.25, -0.2) is 0 Å². The first-order chi connectivity index (χ1) is 8.67. The summed E-state index contributed by atoms with van der Waals surface area (Å²) in [6, 6.07) is 8.45. The maximum Gasteiger partial charge on any atom is 0.122 e. The Balaban J connectivity index is 2.47. The molecule has 0 amide bonds. The van der Waals surface area contributed by atoms with Gasteiger partial charge >= 0.3 is 0 Å². The van der Waals surface area contributed by atoms with Crippen molar-refractivity contribution in [2.75, 3.05) is 27.2 Å². The highest BCUT2D eigenvalue weighted by atomic mass is 16.5. The summed E-state index contributed by atoms with van der Waals surface area (Å²) < 4.78 is 5.37. The molecule has 0 aliphatic carbocycles. The number of unbranched alkanes of at least 4 members (excludes halogenated alkanes) is 1. The smallest absolute Gasteiger partial charge is 0.122 e. The molecule has 0 aliphatic rings. The number of ether oxygens (including phenoxy) is 1. The van der Waals surface area contributed by atoms with Crippen LogP contribution in [-0.4, -0.2) is 32.1 Å². The lowest BCUT2D eigenvalue weighted by atomic mass is 10.1. The van der Waals surface area contributed by atoms with Crippen LogP contribution in [0.2, 0.25) is 0 Å². The predicted molar refractivity (Wildman–Crippen MR) is 73.8 cm³/mol. The van der Waals surface area contributed by atoms with Gasteiger partial charge in [-0.15, -0.1) is 0 Å². The number of likely N-dealkylation sites (N-methyl/N-ethyl adjacent to an activating group) is 1. The van der Waals surface area contributed by atoms with Gasteiger partial charge in [-0.05, 0) is 45.0 Å². The molecule has 0 radical (unpaired) electrons. The number of aryl methyl sites for hydroxylation is 1. The number of rotatable bonds is 7. The van der Waals surface area contributed by atoms with Gasteiger partial charge in [0.15, 0.2) is 0 Å². The fourth-order valence-corrected chi connectivity index (χ4v) is 1.95. The summed E-state index contributed by atoms with van der Waals surface area (Å²) in [5.41, 5.74) is 2.52. The van der Waals surface area contributed by atoms with Gasteiger partial charge in [0.05, 0.1) is 13.2 Å². The van der Waals surface area contributed by atoms with Gasteiger partial charge < -0.3 is 9.64 Å². The number of hydrogen-bond donors (Lipinski definition) is 0. The average Bonchev–Trinajstić information content (AvgIpc) is 2.37. The lowest BCUT2D eigenvalue weighted by Gasteiger charge is -2.17. The Bertz CT molecular complexity index is 409. The van der Waals surface area contributed by atoms with Crippen molar-refractivity contribution in [2.24, 2.45) is 0 Å². The topological polar surface area (TPSA) is 36.3 Å². The van der Waals surface area contributed by atoms with E-state index in [9.17, 15) is 0 Å². The summed E-state index contributed by atoms with van der Waals surface area (Å²) in [7, 11) is 3.81. The van der Waals surface area contributed by atoms with Crippen molar-refractivity contribution in [1.29, 1.82) is 5.26 Å². The minimum atomic E-state index is 0.637. The highest BCUT2D eigenvalue weighted by Gasteiger charge is 2.05. The van der Waals surface area contributed by atoms with Crippen LogP contribution in [-0.2, 0) is 6.42 Å². The maximum absolute atomic E-state index is 8.50. The molecule has 0 saturated heterocycles. The standard InChI is InChI=1S/C15H22N2O/c1-13-6-7-15(18-3)14(12-13)8-11-17(2)10-5-4-9-16/h6-7,12H,4-5,8,10-11H2,1-3H3. The summed E-state index contributed by atoms with van der Waals surface area (Å²) in [6.45, 7) is 4.06. The summed E-state index contributed by atoms with van der Waals surface area (Å²) in [5.74, 6) is 0.964. The molecule has 98 valence electrons. The first-order valence-electron chi connectivity index (χ1n) is 6.36. The van der Waals surface area contributed by atoms with Crippen molar-refractivity contribution in [3.8, 4) is 11.8 Å². The quantitative estimate of drug-likeness (QED) is 0.694. The zero-order valence-electron chi connectivity index (χ0n) is 11.6. The van der Waals surface area contributed by atoms with Gasteiger partial charge in [-0.3, -0.25) is 0 Å². The fourth-order valence-electron chi connectivity index (χ4n) is 1.95. The molecule has 1 aromatic carbocycles. The van der Waals surface area contributed by atoms with Gasteiger partial charge in [-0.2, -0.15) is 5.26 Å². The summed E-state index contributed by atoms with van der Waals surface area (Å²) in [5, 5.41) is 8.50. The van der Waals surface area contributed by atoms with Crippen molar-refractivity contribution in [2.45, 2.75) is 26.2 Å². The minimum absolute atomic E-state index is 0.637. The molecule has 0 fully saturated rings. The molecule has 0 unspecified atom stereocenters. The third-order valence-electron chi connectivity index (χ3n) is 3.03. The maximum atomic E-state index is 8.50. The molecule has 0 aliphatic heterocycles. The number of benzene rings is 1. The third kappa shape index (κ3) is 4.77. The van der Waals surface area contributed by atoms with Crippen LogP contribution in [0.4, 0.5) is 0 Å². The first kappa shape index (κ1) is 14.5. The van der Waals surface area contributed by atoms with Gasteiger partial charge in [0.1, 0.15) is 5.75 Å². The molecule has 18 heavy (non-hydrogen) atoms. The molecule has 1 rings (SSSR count). The van der Waals surface area contributed by atoms with E-state index in [0.717, 1.165) is 31.7 Å². The number of nitriles is 1. The number of hydrogen-bond acceptors (Lipinski definition) is 3. The van der Waals surface area contributed by atoms with E-state index in [2.05, 4.69) is 37.1 Å². The molecule has 0 aromatic heterocycles. The molecule has 0 atom stereocenters. The van der Waals surface area contributed by atoms with Gasteiger partial charge in [0.2, 0.25) is 0 Å². The molecule has 0 heterocycles. The SMILES string of the molecule is COc1ccc(C)cc1CCN(C)CCCC#N. The molecule has 1 aromatic rings. The van der Waals surface area contributed by atoms with Crippen molar-refractivity contribution < 1.29 is 4.74 Å². The van der Waals surface area contributed by atoms with Gasteiger partial charge in [-0.1, -0.05) is 17.7 Å². The minimum Gasteiger partial charge on any atom is -0.496 e. The van der Waals surface area contributed by atoms with E-state index in [1.54, 1.807) is 7.11 Å². The zero-order valence-corrected chi connectivity index (χ0v) is 11.6. The van der Waals surface area contributed by atoms with E-state index in [-0.39, 0.29) is 0 Å². The lowest BCUT2D eigenvalue weighted by molar-refractivity contribution is 0.332. The van der Waals surface area contributed by atoms with Crippen LogP contribution in [0.5, 0.6) is 5.75 Å². The van der Waals surface area contributed by atoms with Crippen molar-refractivity contribution in [3.05, 3.63) is 29.3 Å². The van der Waals surface area contributed by atoms with E-state index >= 15 is 0 Å². The predicted octanol–water partition coefficient (Wildman–Crippen LogP) is 2.78.